The second kappa shape index (κ2) is 9.89. The van der Waals surface area contributed by atoms with Crippen LogP contribution in [0.1, 0.15) is 56.6 Å². The molecule has 0 spiro atoms. The molecule has 0 fully saturated rings. The highest BCUT2D eigenvalue weighted by molar-refractivity contribution is 5.94. The normalized spacial score (nSPS) is 13.9. The number of unbranched alkanes of at least 4 members (excludes halogenated alkanes) is 4. The van der Waals surface area contributed by atoms with Crippen LogP contribution in [0.15, 0.2) is 54.1 Å². The fourth-order valence-corrected chi connectivity index (χ4v) is 2.88. The Morgan fingerprint density at radius 3 is 2.54 bits per heavy atom. The smallest absolute Gasteiger partial charge is 0.261 e. The molecule has 1 aliphatic carbocycles. The highest BCUT2D eigenvalue weighted by Crippen LogP contribution is 2.21. The lowest BCUT2D eigenvalue weighted by molar-refractivity contribution is -0.117. The molecule has 0 aromatic heterocycles. The topological polar surface area (TPSA) is 55.1 Å². The zero-order valence-corrected chi connectivity index (χ0v) is 14.6. The second-order valence-electron chi connectivity index (χ2n) is 6.26. The van der Waals surface area contributed by atoms with E-state index in [1.807, 2.05) is 18.2 Å². The van der Waals surface area contributed by atoms with E-state index in [1.165, 1.54) is 43.2 Å². The summed E-state index contributed by atoms with van der Waals surface area (Å²) in [6.45, 7) is 2.25. The molecule has 0 aliphatic heterocycles. The third-order valence-corrected chi connectivity index (χ3v) is 4.38. The van der Waals surface area contributed by atoms with E-state index in [-0.39, 0.29) is 5.91 Å². The van der Waals surface area contributed by atoms with Crippen LogP contribution in [0.5, 0.6) is 0 Å². The zero-order valence-electron chi connectivity index (χ0n) is 14.6. The molecular formula is C21H28N2O. The largest absolute Gasteiger partial charge is 0.290 e. The van der Waals surface area contributed by atoms with E-state index in [4.69, 9.17) is 5.84 Å². The van der Waals surface area contributed by atoms with E-state index in [0.29, 0.717) is 12.0 Å². The van der Waals surface area contributed by atoms with E-state index in [1.54, 1.807) is 0 Å². The molecule has 1 amide bonds. The lowest BCUT2D eigenvalue weighted by Crippen LogP contribution is -2.31. The van der Waals surface area contributed by atoms with Gasteiger partial charge in [0.05, 0.1) is 0 Å². The van der Waals surface area contributed by atoms with Crippen LogP contribution in [0.3, 0.4) is 0 Å². The van der Waals surface area contributed by atoms with Crippen LogP contribution in [-0.2, 0) is 11.2 Å². The Bertz CT molecular complexity index is 624. The molecule has 0 heterocycles. The number of carbonyl (C=O) groups excluding carboxylic acids is 1. The molecule has 0 radical (unpaired) electrons. The van der Waals surface area contributed by atoms with Gasteiger partial charge in [0.15, 0.2) is 0 Å². The first-order chi connectivity index (χ1) is 11.7. The summed E-state index contributed by atoms with van der Waals surface area (Å²) in [6.07, 6.45) is 16.2. The van der Waals surface area contributed by atoms with Gasteiger partial charge < -0.3 is 0 Å². The van der Waals surface area contributed by atoms with Gasteiger partial charge in [0, 0.05) is 5.57 Å². The summed E-state index contributed by atoms with van der Waals surface area (Å²) in [5.41, 5.74) is 6.54. The van der Waals surface area contributed by atoms with E-state index in [2.05, 4.69) is 42.7 Å². The van der Waals surface area contributed by atoms with Gasteiger partial charge >= 0.3 is 0 Å². The molecule has 3 N–H and O–H groups in total. The van der Waals surface area contributed by atoms with Gasteiger partial charge in [-0.05, 0) is 36.0 Å². The molecule has 1 aliphatic rings. The number of rotatable bonds is 8. The van der Waals surface area contributed by atoms with Crippen molar-refractivity contribution in [3.05, 3.63) is 65.3 Å². The molecule has 3 nitrogen and oxygen atoms in total. The van der Waals surface area contributed by atoms with Crippen molar-refractivity contribution in [1.82, 2.24) is 5.43 Å². The van der Waals surface area contributed by atoms with Crippen LogP contribution in [-0.4, -0.2) is 5.91 Å². The van der Waals surface area contributed by atoms with Crippen molar-refractivity contribution < 1.29 is 4.79 Å². The van der Waals surface area contributed by atoms with Crippen molar-refractivity contribution in [3.63, 3.8) is 0 Å². The number of nitrogens with one attached hydrogen (secondary N) is 1. The van der Waals surface area contributed by atoms with Crippen molar-refractivity contribution in [2.24, 2.45) is 5.84 Å². The first kappa shape index (κ1) is 18.2. The van der Waals surface area contributed by atoms with Gasteiger partial charge in [0.1, 0.15) is 0 Å². The number of hydrogen-bond acceptors (Lipinski definition) is 2. The van der Waals surface area contributed by atoms with Gasteiger partial charge in [0.2, 0.25) is 0 Å². The first-order valence-corrected chi connectivity index (χ1v) is 8.92. The number of allylic oxidation sites excluding steroid dienone is 5. The summed E-state index contributed by atoms with van der Waals surface area (Å²) in [5, 5.41) is 0. The van der Waals surface area contributed by atoms with Crippen LogP contribution < -0.4 is 11.3 Å². The van der Waals surface area contributed by atoms with Crippen molar-refractivity contribution in [1.29, 1.82) is 0 Å². The van der Waals surface area contributed by atoms with E-state index in [0.717, 1.165) is 12.0 Å². The monoisotopic (exact) mass is 324 g/mol. The van der Waals surface area contributed by atoms with E-state index in [9.17, 15) is 4.79 Å². The molecule has 0 unspecified atom stereocenters. The van der Waals surface area contributed by atoms with Crippen molar-refractivity contribution in [2.75, 3.05) is 0 Å². The minimum atomic E-state index is -0.226. The molecule has 24 heavy (non-hydrogen) atoms. The van der Waals surface area contributed by atoms with Crippen molar-refractivity contribution >= 4 is 11.5 Å². The van der Waals surface area contributed by atoms with E-state index < -0.39 is 0 Å². The fraction of sp³-hybridized carbons (Fsp3) is 0.381. The molecule has 1 aromatic rings. The number of amides is 1. The van der Waals surface area contributed by atoms with Gasteiger partial charge in [0.25, 0.3) is 5.91 Å². The number of nitrogens with two attached hydrogens (primary N) is 1. The Labute approximate surface area is 145 Å². The minimum Gasteiger partial charge on any atom is -0.290 e. The van der Waals surface area contributed by atoms with Crippen LogP contribution in [0.4, 0.5) is 0 Å². The fourth-order valence-electron chi connectivity index (χ4n) is 2.88. The molecule has 0 saturated carbocycles. The number of aryl methyl sites for hydroxylation is 1. The lowest BCUT2D eigenvalue weighted by Gasteiger charge is -2.05. The SMILES string of the molecule is CCCCCCCc1ccc(C2=CC=C(C(=O)NN)CC=C2)cc1. The van der Waals surface area contributed by atoms with Crippen molar-refractivity contribution in [2.45, 2.75) is 51.9 Å². The Hall–Kier alpha value is -2.13. The maximum Gasteiger partial charge on any atom is 0.261 e. The highest BCUT2D eigenvalue weighted by Gasteiger charge is 2.08. The average Bonchev–Trinajstić information content (AvgIpc) is 2.87. The van der Waals surface area contributed by atoms with Gasteiger partial charge in [-0.3, -0.25) is 10.2 Å². The third-order valence-electron chi connectivity index (χ3n) is 4.38. The molecule has 0 saturated heterocycles. The number of benzene rings is 1. The number of carbonyl (C=O) groups is 1. The van der Waals surface area contributed by atoms with E-state index >= 15 is 0 Å². The first-order valence-electron chi connectivity index (χ1n) is 8.92. The van der Waals surface area contributed by atoms with Gasteiger partial charge in [-0.1, -0.05) is 81.2 Å². The van der Waals surface area contributed by atoms with Gasteiger partial charge in [-0.25, -0.2) is 5.84 Å². The minimum absolute atomic E-state index is 0.226. The molecule has 0 bridgehead atoms. The van der Waals surface area contributed by atoms with Crippen LogP contribution in [0.25, 0.3) is 5.57 Å². The second-order valence-corrected chi connectivity index (χ2v) is 6.26. The molecule has 2 rings (SSSR count). The molecule has 0 atom stereocenters. The van der Waals surface area contributed by atoms with Gasteiger partial charge in [-0.15, -0.1) is 0 Å². The molecule has 3 heteroatoms. The molecule has 1 aromatic carbocycles. The standard InChI is InChI=1S/C21H28N2O/c1-2-3-4-5-6-8-17-11-13-19(14-12-17)18-9-7-10-20(16-15-18)21(24)23-22/h7,9,11-16H,2-6,8,10,22H2,1H3,(H,23,24). The zero-order chi connectivity index (χ0) is 17.2. The Morgan fingerprint density at radius 2 is 1.83 bits per heavy atom. The third kappa shape index (κ3) is 5.50. The van der Waals surface area contributed by atoms with Gasteiger partial charge in [-0.2, -0.15) is 0 Å². The summed E-state index contributed by atoms with van der Waals surface area (Å²) < 4.78 is 0. The Balaban J connectivity index is 1.96. The van der Waals surface area contributed by atoms with Crippen molar-refractivity contribution in [3.8, 4) is 0 Å². The summed E-state index contributed by atoms with van der Waals surface area (Å²) in [6, 6.07) is 8.76. The number of hydrazine groups is 1. The molecular weight excluding hydrogens is 296 g/mol. The highest BCUT2D eigenvalue weighted by atomic mass is 16.2. The average molecular weight is 324 g/mol. The summed E-state index contributed by atoms with van der Waals surface area (Å²) in [7, 11) is 0. The van der Waals surface area contributed by atoms with Crippen LogP contribution in [0.2, 0.25) is 0 Å². The Kier molecular flexibility index (Phi) is 7.50. The maximum atomic E-state index is 11.6. The summed E-state index contributed by atoms with van der Waals surface area (Å²) >= 11 is 0. The van der Waals surface area contributed by atoms with Crippen LogP contribution in [0, 0.1) is 0 Å². The maximum absolute atomic E-state index is 11.6. The Morgan fingerprint density at radius 1 is 1.08 bits per heavy atom. The number of hydrogen-bond donors (Lipinski definition) is 2. The summed E-state index contributed by atoms with van der Waals surface area (Å²) in [5.74, 6) is 4.97. The lowest BCUT2D eigenvalue weighted by atomic mass is 10.0. The summed E-state index contributed by atoms with van der Waals surface area (Å²) in [4.78, 5) is 11.6. The van der Waals surface area contributed by atoms with Crippen LogP contribution >= 0.6 is 0 Å². The predicted octanol–water partition coefficient (Wildman–Crippen LogP) is 4.46. The quantitative estimate of drug-likeness (QED) is 0.321. The molecule has 128 valence electrons. The predicted molar refractivity (Wildman–Crippen MR) is 101 cm³/mol.